The quantitative estimate of drug-likeness (QED) is 0.425. The van der Waals surface area contributed by atoms with Crippen molar-refractivity contribution in [2.24, 2.45) is 4.99 Å². The van der Waals surface area contributed by atoms with Crippen LogP contribution in [-0.2, 0) is 9.47 Å². The van der Waals surface area contributed by atoms with E-state index in [0.29, 0.717) is 13.4 Å². The smallest absolute Gasteiger partial charge is 0.164 e. The highest BCUT2D eigenvalue weighted by molar-refractivity contribution is 5.57. The summed E-state index contributed by atoms with van der Waals surface area (Å²) < 4.78 is 9.77. The van der Waals surface area contributed by atoms with Crippen LogP contribution in [0.2, 0.25) is 0 Å². The van der Waals surface area contributed by atoms with Crippen molar-refractivity contribution >= 4 is 6.34 Å². The van der Waals surface area contributed by atoms with Crippen molar-refractivity contribution in [2.45, 2.75) is 6.04 Å². The molecule has 1 radical (unpaired) electrons. The second kappa shape index (κ2) is 4.24. The van der Waals surface area contributed by atoms with Crippen LogP contribution in [0.5, 0.6) is 0 Å². The maximum atomic E-state index is 5.07. The van der Waals surface area contributed by atoms with Gasteiger partial charge in [0, 0.05) is 13.7 Å². The Morgan fingerprint density at radius 2 is 2.70 bits per heavy atom. The Morgan fingerprint density at radius 3 is 3.30 bits per heavy atom. The summed E-state index contributed by atoms with van der Waals surface area (Å²) in [6.45, 7) is 1.77. The molecule has 1 aliphatic heterocycles. The topological polar surface area (TPSA) is 42.9 Å². The molecule has 0 saturated carbocycles. The van der Waals surface area contributed by atoms with Crippen molar-refractivity contribution in [2.75, 3.05) is 27.1 Å². The summed E-state index contributed by atoms with van der Waals surface area (Å²) in [7, 11) is 1.60. The molecule has 0 fully saturated rings. The molecule has 1 atom stereocenters. The minimum absolute atomic E-state index is 0.218. The van der Waals surface area contributed by atoms with Gasteiger partial charge in [0.25, 0.3) is 0 Å². The highest BCUT2D eigenvalue weighted by Gasteiger charge is 2.09. The van der Waals surface area contributed by atoms with Gasteiger partial charge in [-0.25, -0.2) is 0 Å². The van der Waals surface area contributed by atoms with Gasteiger partial charge in [0.15, 0.2) is 6.34 Å². The van der Waals surface area contributed by atoms with Gasteiger partial charge in [-0.15, -0.1) is 0 Å². The molecule has 4 heteroatoms. The van der Waals surface area contributed by atoms with Gasteiger partial charge >= 0.3 is 0 Å². The lowest BCUT2D eigenvalue weighted by atomic mass is 10.3. The molecule has 1 rings (SSSR count). The third-order valence-corrected chi connectivity index (χ3v) is 1.18. The Balaban J connectivity index is 1.97. The number of ether oxygens (including phenoxy) is 2. The molecule has 0 aromatic heterocycles. The van der Waals surface area contributed by atoms with E-state index in [1.165, 1.54) is 0 Å². The third kappa shape index (κ3) is 2.33. The van der Waals surface area contributed by atoms with Gasteiger partial charge in [0.1, 0.15) is 6.79 Å². The summed E-state index contributed by atoms with van der Waals surface area (Å²) in [4.78, 5) is 3.97. The molecule has 0 aliphatic carbocycles. The molecule has 1 heterocycles. The standard InChI is InChI=1S/C6H11N2O2/c1-9-5-10-3-6-2-7-4-8-6/h6H,2-3,5H2,1H3,(H,7,8). The van der Waals surface area contributed by atoms with Crippen LogP contribution in [0.4, 0.5) is 0 Å². The van der Waals surface area contributed by atoms with Crippen LogP contribution in [0.1, 0.15) is 0 Å². The molecule has 1 N–H and O–H groups in total. The molecule has 57 valence electrons. The number of nitrogens with zero attached hydrogens (tertiary/aromatic N) is 1. The normalized spacial score (nSPS) is 23.1. The predicted molar refractivity (Wildman–Crippen MR) is 37.1 cm³/mol. The maximum Gasteiger partial charge on any atom is 0.164 e. The van der Waals surface area contributed by atoms with Crippen LogP contribution in [0.3, 0.4) is 0 Å². The fourth-order valence-electron chi connectivity index (χ4n) is 0.710. The van der Waals surface area contributed by atoms with Gasteiger partial charge in [-0.1, -0.05) is 0 Å². The number of hydrogen-bond donors (Lipinski definition) is 1. The van der Waals surface area contributed by atoms with E-state index in [-0.39, 0.29) is 6.04 Å². The Morgan fingerprint density at radius 1 is 1.80 bits per heavy atom. The molecular formula is C6H11N2O2. The number of rotatable bonds is 4. The van der Waals surface area contributed by atoms with E-state index in [4.69, 9.17) is 9.47 Å². The number of nitrogens with one attached hydrogen (secondary N) is 1. The van der Waals surface area contributed by atoms with E-state index in [2.05, 4.69) is 16.6 Å². The second-order valence-corrected chi connectivity index (χ2v) is 2.05. The molecule has 1 aliphatic rings. The van der Waals surface area contributed by atoms with Crippen molar-refractivity contribution in [3.05, 3.63) is 0 Å². The Hall–Kier alpha value is -0.610. The highest BCUT2D eigenvalue weighted by atomic mass is 16.7. The van der Waals surface area contributed by atoms with E-state index in [9.17, 15) is 0 Å². The van der Waals surface area contributed by atoms with Crippen LogP contribution in [0, 0.1) is 0 Å². The SMILES string of the molecule is COCOCC1CN[C]=N1. The van der Waals surface area contributed by atoms with Gasteiger partial charge in [-0.05, 0) is 0 Å². The van der Waals surface area contributed by atoms with Crippen LogP contribution in [0.15, 0.2) is 4.99 Å². The lowest BCUT2D eigenvalue weighted by molar-refractivity contribution is -0.0338. The first-order valence-electron chi connectivity index (χ1n) is 3.18. The molecular weight excluding hydrogens is 132 g/mol. The Labute approximate surface area is 60.2 Å². The van der Waals surface area contributed by atoms with E-state index in [1.807, 2.05) is 0 Å². The van der Waals surface area contributed by atoms with Crippen molar-refractivity contribution in [3.8, 4) is 0 Å². The maximum absolute atomic E-state index is 5.07. The van der Waals surface area contributed by atoms with Crippen LogP contribution in [-0.4, -0.2) is 39.4 Å². The van der Waals surface area contributed by atoms with Crippen LogP contribution >= 0.6 is 0 Å². The minimum Gasteiger partial charge on any atom is -0.365 e. The molecule has 0 aromatic carbocycles. The molecule has 10 heavy (non-hydrogen) atoms. The summed E-state index contributed by atoms with van der Waals surface area (Å²) in [5, 5.41) is 2.86. The average molecular weight is 143 g/mol. The third-order valence-electron chi connectivity index (χ3n) is 1.18. The van der Waals surface area contributed by atoms with Gasteiger partial charge in [0.05, 0.1) is 12.6 Å². The monoisotopic (exact) mass is 143 g/mol. The molecule has 0 amide bonds. The number of methoxy groups -OCH3 is 1. The molecule has 1 unspecified atom stereocenters. The Kier molecular flexibility index (Phi) is 3.18. The first kappa shape index (κ1) is 7.50. The highest BCUT2D eigenvalue weighted by Crippen LogP contribution is 1.93. The van der Waals surface area contributed by atoms with E-state index < -0.39 is 0 Å². The van der Waals surface area contributed by atoms with Crippen LogP contribution in [0.25, 0.3) is 0 Å². The van der Waals surface area contributed by atoms with E-state index in [0.717, 1.165) is 6.54 Å². The fourth-order valence-corrected chi connectivity index (χ4v) is 0.710. The van der Waals surface area contributed by atoms with E-state index >= 15 is 0 Å². The summed E-state index contributed by atoms with van der Waals surface area (Å²) in [5.74, 6) is 0. The number of aliphatic imine (C=N–C) groups is 1. The lowest BCUT2D eigenvalue weighted by Crippen LogP contribution is -2.20. The summed E-state index contributed by atoms with van der Waals surface area (Å²) in [5.41, 5.74) is 0. The first-order chi connectivity index (χ1) is 4.93. The molecule has 0 spiro atoms. The van der Waals surface area contributed by atoms with Crippen molar-refractivity contribution in [3.63, 3.8) is 0 Å². The van der Waals surface area contributed by atoms with Gasteiger partial charge in [-0.2, -0.15) is 0 Å². The summed E-state index contributed by atoms with van der Waals surface area (Å²) in [6.07, 6.45) is 2.65. The predicted octanol–water partition coefficient (Wildman–Crippen LogP) is -0.516. The summed E-state index contributed by atoms with van der Waals surface area (Å²) in [6, 6.07) is 0.218. The minimum atomic E-state index is 0.218. The van der Waals surface area contributed by atoms with Gasteiger partial charge < -0.3 is 14.8 Å². The van der Waals surface area contributed by atoms with Gasteiger partial charge in [-0.3, -0.25) is 4.99 Å². The zero-order chi connectivity index (χ0) is 7.23. The lowest BCUT2D eigenvalue weighted by Gasteiger charge is -2.05. The molecule has 0 bridgehead atoms. The average Bonchev–Trinajstić information content (AvgIpc) is 2.41. The van der Waals surface area contributed by atoms with Crippen molar-refractivity contribution < 1.29 is 9.47 Å². The van der Waals surface area contributed by atoms with E-state index in [1.54, 1.807) is 7.11 Å². The van der Waals surface area contributed by atoms with Crippen molar-refractivity contribution in [1.29, 1.82) is 0 Å². The Bertz CT molecular complexity index is 116. The first-order valence-corrected chi connectivity index (χ1v) is 3.18. The zero-order valence-corrected chi connectivity index (χ0v) is 5.96. The second-order valence-electron chi connectivity index (χ2n) is 2.05. The fraction of sp³-hybridized carbons (Fsp3) is 0.833. The molecule has 4 nitrogen and oxygen atoms in total. The van der Waals surface area contributed by atoms with Gasteiger partial charge in [0.2, 0.25) is 0 Å². The van der Waals surface area contributed by atoms with Crippen molar-refractivity contribution in [1.82, 2.24) is 5.32 Å². The number of hydrogen-bond acceptors (Lipinski definition) is 4. The zero-order valence-electron chi connectivity index (χ0n) is 5.96. The summed E-state index contributed by atoms with van der Waals surface area (Å²) >= 11 is 0. The largest absolute Gasteiger partial charge is 0.365 e. The molecule has 0 saturated heterocycles. The van der Waals surface area contributed by atoms with Crippen LogP contribution < -0.4 is 5.32 Å². The molecule has 0 aromatic rings.